The van der Waals surface area contributed by atoms with E-state index in [-0.39, 0.29) is 0 Å². The Morgan fingerprint density at radius 1 is 0.690 bits per heavy atom. The molecule has 0 amide bonds. The van der Waals surface area contributed by atoms with Gasteiger partial charge in [-0.2, -0.15) is 6.07 Å². The summed E-state index contributed by atoms with van der Waals surface area (Å²) in [5.74, 6) is 0.545. The summed E-state index contributed by atoms with van der Waals surface area (Å²) in [5.41, 5.74) is 4.07. The first-order chi connectivity index (χ1) is 14.1. The van der Waals surface area contributed by atoms with Crippen LogP contribution in [0.2, 0.25) is 0 Å². The van der Waals surface area contributed by atoms with Gasteiger partial charge in [0.15, 0.2) is 0 Å². The van der Waals surface area contributed by atoms with Gasteiger partial charge >= 0.3 is 37.9 Å². The number of hydrogen-bond acceptors (Lipinski definition) is 0. The number of halogens is 2. The summed E-state index contributed by atoms with van der Waals surface area (Å²) in [5, 5.41) is 7.97. The molecule has 29 heavy (non-hydrogen) atoms. The van der Waals surface area contributed by atoms with E-state index in [1.165, 1.54) is 49.0 Å². The predicted octanol–water partition coefficient (Wildman–Crippen LogP) is 9.03. The third-order valence-corrected chi connectivity index (χ3v) is 5.50. The first kappa shape index (κ1) is 20.7. The zero-order valence-corrected chi connectivity index (χ0v) is 20.4. The molecule has 144 valence electrons. The van der Waals surface area contributed by atoms with Crippen LogP contribution >= 0.6 is 17.0 Å². The number of fused-ring (bicyclic) bond motifs is 4. The van der Waals surface area contributed by atoms with Crippen LogP contribution in [0.1, 0.15) is 25.3 Å². The monoisotopic (exact) mass is 493 g/mol. The predicted molar refractivity (Wildman–Crippen MR) is 126 cm³/mol. The van der Waals surface area contributed by atoms with Gasteiger partial charge in [-0.1, -0.05) is 74.0 Å². The van der Waals surface area contributed by atoms with Gasteiger partial charge in [0.2, 0.25) is 0 Å². The van der Waals surface area contributed by atoms with E-state index in [0.717, 1.165) is 0 Å². The summed E-state index contributed by atoms with van der Waals surface area (Å²) < 4.78 is 0. The average molecular weight is 496 g/mol. The summed E-state index contributed by atoms with van der Waals surface area (Å²) in [7, 11) is 9.87. The topological polar surface area (TPSA) is 0 Å². The molecule has 0 saturated carbocycles. The van der Waals surface area contributed by atoms with Crippen LogP contribution in [0.25, 0.3) is 43.4 Å². The van der Waals surface area contributed by atoms with E-state index in [2.05, 4.69) is 98.8 Å². The molecule has 0 aliphatic rings. The zero-order chi connectivity index (χ0) is 20.4. The Morgan fingerprint density at radius 2 is 1.34 bits per heavy atom. The first-order valence-electron chi connectivity index (χ1n) is 9.70. The standard InChI is InChI=1S/C26H21.2ClH.Zr/c1-17(2)20-14-18-9-7-13-24(25(18)16-20)26-15-19-8-3-4-10-21(19)22-11-5-6-12-23(22)26;;;/h3-17H,1-2H3;2*1H;/q-1;;;+2/p-2. The molecular formula is C26H21Cl2Zr-. The molecule has 5 aromatic rings. The Labute approximate surface area is 190 Å². The van der Waals surface area contributed by atoms with Crippen LogP contribution in [0.5, 0.6) is 0 Å². The van der Waals surface area contributed by atoms with Crippen LogP contribution in [0.15, 0.2) is 84.9 Å². The molecular weight excluding hydrogens is 474 g/mol. The quantitative estimate of drug-likeness (QED) is 0.169. The second-order valence-corrected chi connectivity index (χ2v) is 11.2. The second kappa shape index (κ2) is 9.09. The van der Waals surface area contributed by atoms with Crippen LogP contribution < -0.4 is 0 Å². The molecule has 3 heteroatoms. The molecule has 5 rings (SSSR count). The third-order valence-electron chi connectivity index (χ3n) is 5.50. The molecule has 0 bridgehead atoms. The molecule has 0 spiro atoms. The fraction of sp³-hybridized carbons (Fsp3) is 0.115. The molecule has 0 heterocycles. The Morgan fingerprint density at radius 3 is 2.07 bits per heavy atom. The Hall–Kier alpha value is -1.53. The van der Waals surface area contributed by atoms with Crippen molar-refractivity contribution in [3.8, 4) is 11.1 Å². The summed E-state index contributed by atoms with van der Waals surface area (Å²) in [4.78, 5) is 0. The average Bonchev–Trinajstić information content (AvgIpc) is 3.19. The normalized spacial score (nSPS) is 11.1. The number of hydrogen-bond donors (Lipinski definition) is 0. The molecule has 0 radical (unpaired) electrons. The van der Waals surface area contributed by atoms with Gasteiger partial charge in [0.1, 0.15) is 0 Å². The van der Waals surface area contributed by atoms with Crippen molar-refractivity contribution in [1.82, 2.24) is 0 Å². The summed E-state index contributed by atoms with van der Waals surface area (Å²) in [6, 6.07) is 31.2. The maximum absolute atomic E-state index is 4.93. The van der Waals surface area contributed by atoms with Crippen molar-refractivity contribution in [2.45, 2.75) is 19.8 Å². The molecule has 0 aromatic heterocycles. The fourth-order valence-electron chi connectivity index (χ4n) is 4.10. The van der Waals surface area contributed by atoms with Crippen LogP contribution in [0, 0.1) is 0 Å². The van der Waals surface area contributed by atoms with E-state index in [9.17, 15) is 0 Å². The van der Waals surface area contributed by atoms with Crippen LogP contribution in [0.3, 0.4) is 0 Å². The Balaban J connectivity index is 0.000000645. The summed E-state index contributed by atoms with van der Waals surface area (Å²) in [6.45, 7) is 4.53. The van der Waals surface area contributed by atoms with E-state index >= 15 is 0 Å². The van der Waals surface area contributed by atoms with Gasteiger partial charge in [-0.3, -0.25) is 0 Å². The van der Waals surface area contributed by atoms with Gasteiger partial charge in [0.25, 0.3) is 0 Å². The first-order valence-corrected chi connectivity index (χ1v) is 16.0. The van der Waals surface area contributed by atoms with E-state index in [1.54, 1.807) is 0 Å². The minimum absolute atomic E-state index is 0.545. The molecule has 0 unspecified atom stereocenters. The van der Waals surface area contributed by atoms with Crippen LogP contribution in [-0.2, 0) is 20.8 Å². The molecule has 0 aliphatic carbocycles. The van der Waals surface area contributed by atoms with E-state index in [0.29, 0.717) is 5.92 Å². The van der Waals surface area contributed by atoms with E-state index in [4.69, 9.17) is 17.0 Å². The molecule has 0 aliphatic heterocycles. The third kappa shape index (κ3) is 4.06. The Kier molecular flexibility index (Phi) is 6.50. The van der Waals surface area contributed by atoms with E-state index < -0.39 is 20.8 Å². The van der Waals surface area contributed by atoms with Gasteiger partial charge < -0.3 is 0 Å². The van der Waals surface area contributed by atoms with Crippen molar-refractivity contribution >= 4 is 49.3 Å². The number of rotatable bonds is 2. The van der Waals surface area contributed by atoms with Crippen molar-refractivity contribution in [2.75, 3.05) is 0 Å². The minimum atomic E-state index is -0.826. The van der Waals surface area contributed by atoms with Crippen molar-refractivity contribution in [3.05, 3.63) is 90.5 Å². The van der Waals surface area contributed by atoms with Crippen molar-refractivity contribution < 1.29 is 20.8 Å². The summed E-state index contributed by atoms with van der Waals surface area (Å²) in [6.07, 6.45) is 0. The van der Waals surface area contributed by atoms with Gasteiger partial charge in [0.05, 0.1) is 0 Å². The van der Waals surface area contributed by atoms with Crippen LogP contribution in [0.4, 0.5) is 0 Å². The summed E-state index contributed by atoms with van der Waals surface area (Å²) >= 11 is -0.826. The van der Waals surface area contributed by atoms with Crippen molar-refractivity contribution in [1.29, 1.82) is 0 Å². The van der Waals surface area contributed by atoms with Crippen molar-refractivity contribution in [2.24, 2.45) is 0 Å². The molecule has 0 fully saturated rings. The second-order valence-electron chi connectivity index (χ2n) is 7.51. The fourth-order valence-corrected chi connectivity index (χ4v) is 4.10. The zero-order valence-electron chi connectivity index (χ0n) is 16.4. The van der Waals surface area contributed by atoms with E-state index in [1.807, 2.05) is 0 Å². The SMILES string of the molecule is CC(C)c1cc2c(-c3cc4ccccc4c4ccccc34)cccc2[cH-]1.[Cl][Zr][Cl]. The Bertz CT molecular complexity index is 1280. The van der Waals surface area contributed by atoms with Crippen LogP contribution in [-0.4, -0.2) is 0 Å². The molecule has 5 aromatic carbocycles. The van der Waals surface area contributed by atoms with Crippen molar-refractivity contribution in [3.63, 3.8) is 0 Å². The molecule has 0 nitrogen and oxygen atoms in total. The molecule has 0 saturated heterocycles. The van der Waals surface area contributed by atoms with Gasteiger partial charge in [-0.25, -0.2) is 0 Å². The van der Waals surface area contributed by atoms with Gasteiger partial charge in [0, 0.05) is 0 Å². The molecule has 0 N–H and O–H groups in total. The maximum atomic E-state index is 4.93. The van der Waals surface area contributed by atoms with Gasteiger partial charge in [-0.15, -0.1) is 34.5 Å². The van der Waals surface area contributed by atoms with Gasteiger partial charge in [-0.05, 0) is 39.1 Å². The number of benzene rings is 4. The molecule has 0 atom stereocenters.